The Balaban J connectivity index is 2.20. The molecular weight excluding hydrogens is 296 g/mol. The molecule has 2 heterocycles. The Morgan fingerprint density at radius 2 is 2.15 bits per heavy atom. The normalized spacial score (nSPS) is 20.6. The molecule has 1 aromatic heterocycles. The highest BCUT2D eigenvalue weighted by atomic mass is 32.2. The lowest BCUT2D eigenvalue weighted by Gasteiger charge is -2.22. The van der Waals surface area contributed by atoms with Crippen molar-refractivity contribution in [3.05, 3.63) is 23.9 Å². The minimum Gasteiger partial charge on any atom is -0.392 e. The largest absolute Gasteiger partial charge is 0.392 e. The molecule has 0 saturated carbocycles. The van der Waals surface area contributed by atoms with Gasteiger partial charge in [0.15, 0.2) is 5.03 Å². The first-order chi connectivity index (χ1) is 9.35. The third kappa shape index (κ3) is 3.52. The first-order valence-electron chi connectivity index (χ1n) is 6.55. The summed E-state index contributed by atoms with van der Waals surface area (Å²) in [5.74, 6) is 0.793. The van der Waals surface area contributed by atoms with E-state index in [0.29, 0.717) is 18.7 Å². The van der Waals surface area contributed by atoms with Crippen LogP contribution in [0.2, 0.25) is 0 Å². The molecule has 0 bridgehead atoms. The van der Waals surface area contributed by atoms with E-state index in [9.17, 15) is 8.42 Å². The van der Waals surface area contributed by atoms with Gasteiger partial charge in [-0.3, -0.25) is 0 Å². The number of sulfonamides is 1. The summed E-state index contributed by atoms with van der Waals surface area (Å²) in [7, 11) is -3.53. The monoisotopic (exact) mass is 316 g/mol. The molecule has 0 amide bonds. The molecule has 1 N–H and O–H groups in total. The van der Waals surface area contributed by atoms with Crippen LogP contribution in [-0.2, 0) is 16.6 Å². The summed E-state index contributed by atoms with van der Waals surface area (Å²) in [6.07, 6.45) is 2.23. The number of aliphatic hydroxyl groups is 1. The standard InChI is InChI=1S/C13H20N2O3S2/c1-13(2)5-6-15(7-8-19-13)20(17,18)12-4-3-11(10-16)9-14-12/h3-4,9,16H,5-8,10H2,1-2H3. The highest BCUT2D eigenvalue weighted by Gasteiger charge is 2.31. The topological polar surface area (TPSA) is 70.5 Å². The van der Waals surface area contributed by atoms with Crippen LogP contribution in [0.5, 0.6) is 0 Å². The van der Waals surface area contributed by atoms with E-state index in [0.717, 1.165) is 12.2 Å². The van der Waals surface area contributed by atoms with Gasteiger partial charge in [0.05, 0.1) is 6.61 Å². The zero-order valence-corrected chi connectivity index (χ0v) is 13.4. The molecule has 5 nitrogen and oxygen atoms in total. The summed E-state index contributed by atoms with van der Waals surface area (Å²) in [4.78, 5) is 3.97. The van der Waals surface area contributed by atoms with E-state index in [1.807, 2.05) is 0 Å². The molecule has 7 heteroatoms. The van der Waals surface area contributed by atoms with E-state index in [1.54, 1.807) is 17.8 Å². The van der Waals surface area contributed by atoms with Crippen LogP contribution in [0.4, 0.5) is 0 Å². The van der Waals surface area contributed by atoms with Crippen LogP contribution in [0.3, 0.4) is 0 Å². The summed E-state index contributed by atoms with van der Waals surface area (Å²) < 4.78 is 26.7. The maximum Gasteiger partial charge on any atom is 0.260 e. The Morgan fingerprint density at radius 1 is 1.40 bits per heavy atom. The van der Waals surface area contributed by atoms with Crippen molar-refractivity contribution in [2.45, 2.75) is 36.6 Å². The molecular formula is C13H20N2O3S2. The fraction of sp³-hybridized carbons (Fsp3) is 0.615. The summed E-state index contributed by atoms with van der Waals surface area (Å²) >= 11 is 1.80. The predicted molar refractivity (Wildman–Crippen MR) is 80.1 cm³/mol. The Labute approximate surface area is 124 Å². The van der Waals surface area contributed by atoms with E-state index < -0.39 is 10.0 Å². The van der Waals surface area contributed by atoms with Crippen LogP contribution in [0.25, 0.3) is 0 Å². The maximum absolute atomic E-state index is 12.5. The smallest absolute Gasteiger partial charge is 0.260 e. The van der Waals surface area contributed by atoms with Crippen molar-refractivity contribution in [2.75, 3.05) is 18.8 Å². The molecule has 2 rings (SSSR count). The molecule has 0 spiro atoms. The van der Waals surface area contributed by atoms with Gasteiger partial charge < -0.3 is 5.11 Å². The van der Waals surface area contributed by atoms with E-state index in [2.05, 4.69) is 18.8 Å². The fourth-order valence-corrected chi connectivity index (χ4v) is 4.60. The van der Waals surface area contributed by atoms with Crippen molar-refractivity contribution < 1.29 is 13.5 Å². The van der Waals surface area contributed by atoms with Gasteiger partial charge >= 0.3 is 0 Å². The second-order valence-corrected chi connectivity index (χ2v) is 9.11. The molecule has 1 saturated heterocycles. The summed E-state index contributed by atoms with van der Waals surface area (Å²) in [6, 6.07) is 3.06. The minimum absolute atomic E-state index is 0.0550. The van der Waals surface area contributed by atoms with Crippen molar-refractivity contribution in [1.29, 1.82) is 0 Å². The Kier molecular flexibility index (Phi) is 4.73. The van der Waals surface area contributed by atoms with E-state index in [1.165, 1.54) is 16.6 Å². The van der Waals surface area contributed by atoms with Gasteiger partial charge in [0.1, 0.15) is 0 Å². The molecule has 1 aliphatic rings. The zero-order valence-electron chi connectivity index (χ0n) is 11.7. The van der Waals surface area contributed by atoms with E-state index in [-0.39, 0.29) is 16.4 Å². The number of aliphatic hydroxyl groups excluding tert-OH is 1. The predicted octanol–water partition coefficient (Wildman–Crippen LogP) is 1.48. The number of hydrogen-bond donors (Lipinski definition) is 1. The lowest BCUT2D eigenvalue weighted by atomic mass is 10.1. The van der Waals surface area contributed by atoms with Crippen LogP contribution in [0.15, 0.2) is 23.4 Å². The molecule has 0 atom stereocenters. The lowest BCUT2D eigenvalue weighted by molar-refractivity contribution is 0.281. The van der Waals surface area contributed by atoms with Gasteiger partial charge in [0.2, 0.25) is 0 Å². The molecule has 0 aliphatic carbocycles. The summed E-state index contributed by atoms with van der Waals surface area (Å²) in [6.45, 7) is 5.18. The number of rotatable bonds is 3. The van der Waals surface area contributed by atoms with E-state index >= 15 is 0 Å². The summed E-state index contributed by atoms with van der Waals surface area (Å²) in [5.41, 5.74) is 0.608. The fourth-order valence-electron chi connectivity index (χ4n) is 2.03. The molecule has 0 radical (unpaired) electrons. The van der Waals surface area contributed by atoms with Crippen LogP contribution in [0.1, 0.15) is 25.8 Å². The first-order valence-corrected chi connectivity index (χ1v) is 8.98. The average molecular weight is 316 g/mol. The minimum atomic E-state index is -3.53. The van der Waals surface area contributed by atoms with Crippen LogP contribution >= 0.6 is 11.8 Å². The SMILES string of the molecule is CC1(C)CCN(S(=O)(=O)c2ccc(CO)cn2)CCS1. The highest BCUT2D eigenvalue weighted by Crippen LogP contribution is 2.32. The number of thioether (sulfide) groups is 1. The highest BCUT2D eigenvalue weighted by molar-refractivity contribution is 8.00. The molecule has 0 unspecified atom stereocenters. The Hall–Kier alpha value is -0.630. The molecule has 1 aromatic rings. The number of hydrogen-bond acceptors (Lipinski definition) is 5. The van der Waals surface area contributed by atoms with Gasteiger partial charge in [-0.2, -0.15) is 16.1 Å². The number of nitrogens with zero attached hydrogens (tertiary/aromatic N) is 2. The van der Waals surface area contributed by atoms with Gasteiger partial charge in [-0.25, -0.2) is 13.4 Å². The van der Waals surface area contributed by atoms with Crippen LogP contribution < -0.4 is 0 Å². The molecule has 0 aromatic carbocycles. The third-order valence-electron chi connectivity index (χ3n) is 3.38. The van der Waals surface area contributed by atoms with Gasteiger partial charge in [-0.1, -0.05) is 19.9 Å². The van der Waals surface area contributed by atoms with Gasteiger partial charge in [0.25, 0.3) is 10.0 Å². The molecule has 20 heavy (non-hydrogen) atoms. The number of aromatic nitrogens is 1. The molecule has 1 aliphatic heterocycles. The first kappa shape index (κ1) is 15.8. The second-order valence-electron chi connectivity index (χ2n) is 5.43. The second kappa shape index (κ2) is 6.01. The average Bonchev–Trinajstić information content (AvgIpc) is 2.60. The van der Waals surface area contributed by atoms with E-state index in [4.69, 9.17) is 5.11 Å². The van der Waals surface area contributed by atoms with Crippen molar-refractivity contribution in [3.8, 4) is 0 Å². The van der Waals surface area contributed by atoms with Gasteiger partial charge in [-0.15, -0.1) is 0 Å². The molecule has 112 valence electrons. The zero-order chi connectivity index (χ0) is 14.8. The van der Waals surface area contributed by atoms with Crippen molar-refractivity contribution >= 4 is 21.8 Å². The van der Waals surface area contributed by atoms with Crippen LogP contribution in [0, 0.1) is 0 Å². The summed E-state index contributed by atoms with van der Waals surface area (Å²) in [5, 5.41) is 9.03. The molecule has 1 fully saturated rings. The van der Waals surface area contributed by atoms with Gasteiger partial charge in [0, 0.05) is 29.8 Å². The Morgan fingerprint density at radius 3 is 2.75 bits per heavy atom. The maximum atomic E-state index is 12.5. The van der Waals surface area contributed by atoms with Crippen LogP contribution in [-0.4, -0.2) is 46.4 Å². The third-order valence-corrected chi connectivity index (χ3v) is 6.57. The number of pyridine rings is 1. The Bertz CT molecular complexity index is 555. The lowest BCUT2D eigenvalue weighted by Crippen LogP contribution is -2.34. The van der Waals surface area contributed by atoms with Crippen molar-refractivity contribution in [1.82, 2.24) is 9.29 Å². The van der Waals surface area contributed by atoms with Gasteiger partial charge in [-0.05, 0) is 18.1 Å². The van der Waals surface area contributed by atoms with Crippen molar-refractivity contribution in [2.24, 2.45) is 0 Å². The quantitative estimate of drug-likeness (QED) is 0.914. The van der Waals surface area contributed by atoms with Crippen molar-refractivity contribution in [3.63, 3.8) is 0 Å².